The van der Waals surface area contributed by atoms with Gasteiger partial charge in [0.05, 0.1) is 26.4 Å². The van der Waals surface area contributed by atoms with Crippen LogP contribution in [-0.4, -0.2) is 96.7 Å². The van der Waals surface area contributed by atoms with Gasteiger partial charge in [-0.3, -0.25) is 37.3 Å². The molecular weight excluding hydrogens is 1280 g/mol. The number of carbonyl (C=O) groups excluding carboxylic acids is 4. The van der Waals surface area contributed by atoms with Gasteiger partial charge < -0.3 is 33.8 Å². The summed E-state index contributed by atoms with van der Waals surface area (Å²) in [5.74, 6) is -0.584. The summed E-state index contributed by atoms with van der Waals surface area (Å²) in [5.41, 5.74) is 0. The minimum Gasteiger partial charge on any atom is -0.462 e. The molecular formula is C79H154O17P2. The van der Waals surface area contributed by atoms with Gasteiger partial charge >= 0.3 is 39.5 Å². The van der Waals surface area contributed by atoms with E-state index in [2.05, 4.69) is 41.5 Å². The van der Waals surface area contributed by atoms with Crippen molar-refractivity contribution in [3.05, 3.63) is 0 Å². The third-order valence-electron chi connectivity index (χ3n) is 18.8. The summed E-state index contributed by atoms with van der Waals surface area (Å²) in [6.45, 7) is 9.58. The van der Waals surface area contributed by atoms with Crippen LogP contribution in [0.1, 0.15) is 414 Å². The molecule has 0 amide bonds. The molecule has 3 unspecified atom stereocenters. The van der Waals surface area contributed by atoms with Crippen LogP contribution in [0, 0.1) is 11.8 Å². The lowest BCUT2D eigenvalue weighted by Crippen LogP contribution is -2.30. The van der Waals surface area contributed by atoms with Crippen molar-refractivity contribution in [2.24, 2.45) is 11.8 Å². The Morgan fingerprint density at radius 2 is 0.520 bits per heavy atom. The van der Waals surface area contributed by atoms with Crippen LogP contribution in [0.4, 0.5) is 0 Å². The molecule has 0 rings (SSSR count). The highest BCUT2D eigenvalue weighted by Crippen LogP contribution is 2.45. The van der Waals surface area contributed by atoms with Gasteiger partial charge in [0.2, 0.25) is 0 Å². The van der Waals surface area contributed by atoms with E-state index in [0.717, 1.165) is 102 Å². The standard InChI is InChI=1S/C79H154O17P2/c1-7-10-12-14-16-18-20-21-22-23-24-25-26-27-32-36-40-44-52-58-64-79(84)95-74(67-89-76(81)61-55-49-42-38-35-31-29-28-30-34-37-41-48-54-60-72(6)9-3)69-93-97(85,86)91-65-73(80)66-92-98(87,88)94-70-75(68-90-77(82)62-56-50-46-45-47-53-59-71(4)5)96-78(83)63-57-51-43-39-33-19-17-15-13-11-8-2/h71-75,80H,7-70H2,1-6H3,(H,85,86)(H,87,88)/t72?,73-,74-,75-/m1/s1. The summed E-state index contributed by atoms with van der Waals surface area (Å²) >= 11 is 0. The molecule has 0 radical (unpaired) electrons. The molecule has 3 N–H and O–H groups in total. The Balaban J connectivity index is 5.20. The van der Waals surface area contributed by atoms with Gasteiger partial charge in [0.25, 0.3) is 0 Å². The highest BCUT2D eigenvalue weighted by Gasteiger charge is 2.30. The monoisotopic (exact) mass is 1440 g/mol. The Hall–Kier alpha value is -1.94. The predicted octanol–water partition coefficient (Wildman–Crippen LogP) is 23.5. The zero-order chi connectivity index (χ0) is 72.1. The van der Waals surface area contributed by atoms with E-state index in [1.54, 1.807) is 0 Å². The molecule has 0 aromatic rings. The highest BCUT2D eigenvalue weighted by molar-refractivity contribution is 7.47. The van der Waals surface area contributed by atoms with Crippen molar-refractivity contribution >= 4 is 39.5 Å². The number of phosphoric acid groups is 2. The first-order chi connectivity index (χ1) is 47.4. The Bertz CT molecular complexity index is 1890. The minimum absolute atomic E-state index is 0.106. The van der Waals surface area contributed by atoms with E-state index in [4.69, 9.17) is 37.0 Å². The SMILES string of the molecule is CCCCCCCCCCCCCCCCCCCCCCC(=O)O[C@H](COC(=O)CCCCCCCCCCCCCCCCC(C)CC)COP(=O)(O)OC[C@@H](O)COP(=O)(O)OC[C@@H](COC(=O)CCCCCCCCC(C)C)OC(=O)CCCCCCCCCCCCC. The molecule has 0 saturated heterocycles. The van der Waals surface area contributed by atoms with Gasteiger partial charge in [0, 0.05) is 25.7 Å². The average Bonchev–Trinajstić information content (AvgIpc) is 1.26. The third kappa shape index (κ3) is 71.1. The van der Waals surface area contributed by atoms with Gasteiger partial charge in [-0.15, -0.1) is 0 Å². The van der Waals surface area contributed by atoms with Crippen molar-refractivity contribution in [2.75, 3.05) is 39.6 Å². The van der Waals surface area contributed by atoms with Crippen molar-refractivity contribution in [2.45, 2.75) is 432 Å². The molecule has 0 aliphatic heterocycles. The lowest BCUT2D eigenvalue weighted by Gasteiger charge is -2.21. The molecule has 0 saturated carbocycles. The molecule has 0 spiro atoms. The molecule has 19 heteroatoms. The molecule has 0 aromatic heterocycles. The van der Waals surface area contributed by atoms with Crippen LogP contribution in [-0.2, 0) is 65.4 Å². The van der Waals surface area contributed by atoms with Crippen LogP contribution in [0.3, 0.4) is 0 Å². The molecule has 0 aromatic carbocycles. The Kier molecular flexibility index (Phi) is 69.3. The maximum Gasteiger partial charge on any atom is 0.472 e. The first kappa shape index (κ1) is 96.1. The predicted molar refractivity (Wildman–Crippen MR) is 400 cm³/mol. The quantitative estimate of drug-likeness (QED) is 0.0222. The van der Waals surface area contributed by atoms with Crippen molar-refractivity contribution in [1.82, 2.24) is 0 Å². The zero-order valence-electron chi connectivity index (χ0n) is 64.1. The van der Waals surface area contributed by atoms with Crippen molar-refractivity contribution in [3.63, 3.8) is 0 Å². The molecule has 98 heavy (non-hydrogen) atoms. The molecule has 582 valence electrons. The van der Waals surface area contributed by atoms with Gasteiger partial charge in [-0.25, -0.2) is 9.13 Å². The van der Waals surface area contributed by atoms with Crippen LogP contribution >= 0.6 is 15.6 Å². The van der Waals surface area contributed by atoms with E-state index in [0.29, 0.717) is 31.6 Å². The van der Waals surface area contributed by atoms with E-state index in [9.17, 15) is 43.2 Å². The first-order valence-electron chi connectivity index (χ1n) is 41.0. The zero-order valence-corrected chi connectivity index (χ0v) is 65.9. The number of phosphoric ester groups is 2. The van der Waals surface area contributed by atoms with Gasteiger partial charge in [-0.1, -0.05) is 363 Å². The Labute approximate surface area is 600 Å². The number of hydrogen-bond donors (Lipinski definition) is 3. The van der Waals surface area contributed by atoms with Crippen molar-refractivity contribution in [1.29, 1.82) is 0 Å². The lowest BCUT2D eigenvalue weighted by atomic mass is 9.99. The van der Waals surface area contributed by atoms with E-state index in [-0.39, 0.29) is 25.7 Å². The summed E-state index contributed by atoms with van der Waals surface area (Å²) in [4.78, 5) is 72.8. The molecule has 6 atom stereocenters. The number of carbonyl (C=O) groups is 4. The number of ether oxygens (including phenoxy) is 4. The van der Waals surface area contributed by atoms with E-state index in [1.165, 1.54) is 225 Å². The fourth-order valence-electron chi connectivity index (χ4n) is 12.2. The third-order valence-corrected chi connectivity index (χ3v) is 20.7. The maximum absolute atomic E-state index is 13.1. The summed E-state index contributed by atoms with van der Waals surface area (Å²) in [7, 11) is -9.91. The van der Waals surface area contributed by atoms with Crippen LogP contribution in [0.5, 0.6) is 0 Å². The van der Waals surface area contributed by atoms with Crippen molar-refractivity contribution in [3.8, 4) is 0 Å². The van der Waals surface area contributed by atoms with E-state index < -0.39 is 97.5 Å². The fourth-order valence-corrected chi connectivity index (χ4v) is 13.7. The number of aliphatic hydroxyl groups is 1. The largest absolute Gasteiger partial charge is 0.472 e. The molecule has 0 heterocycles. The van der Waals surface area contributed by atoms with Crippen LogP contribution < -0.4 is 0 Å². The minimum atomic E-state index is -4.96. The van der Waals surface area contributed by atoms with Gasteiger partial charge in [0.1, 0.15) is 19.3 Å². The topological polar surface area (TPSA) is 237 Å². The normalized spacial score (nSPS) is 14.2. The molecule has 0 bridgehead atoms. The Morgan fingerprint density at radius 3 is 0.776 bits per heavy atom. The molecule has 0 aliphatic rings. The number of unbranched alkanes of at least 4 members (excludes halogenated alkanes) is 47. The number of rotatable bonds is 78. The van der Waals surface area contributed by atoms with E-state index in [1.807, 2.05) is 0 Å². The highest BCUT2D eigenvalue weighted by atomic mass is 31.2. The second-order valence-corrected chi connectivity index (χ2v) is 32.1. The van der Waals surface area contributed by atoms with Gasteiger partial charge in [-0.2, -0.15) is 0 Å². The van der Waals surface area contributed by atoms with Gasteiger partial charge in [-0.05, 0) is 37.5 Å². The number of hydrogen-bond acceptors (Lipinski definition) is 15. The van der Waals surface area contributed by atoms with Crippen LogP contribution in [0.2, 0.25) is 0 Å². The Morgan fingerprint density at radius 1 is 0.296 bits per heavy atom. The van der Waals surface area contributed by atoms with Crippen LogP contribution in [0.25, 0.3) is 0 Å². The second-order valence-electron chi connectivity index (χ2n) is 29.2. The molecule has 17 nitrogen and oxygen atoms in total. The summed E-state index contributed by atoms with van der Waals surface area (Å²) in [6.07, 6.45) is 59.8. The molecule has 0 aliphatic carbocycles. The smallest absolute Gasteiger partial charge is 0.462 e. The molecule has 0 fully saturated rings. The van der Waals surface area contributed by atoms with Crippen LogP contribution in [0.15, 0.2) is 0 Å². The summed E-state index contributed by atoms with van der Waals surface area (Å²) in [6, 6.07) is 0. The maximum atomic E-state index is 13.1. The second kappa shape index (κ2) is 70.7. The number of aliphatic hydroxyl groups excluding tert-OH is 1. The number of esters is 4. The van der Waals surface area contributed by atoms with Crippen molar-refractivity contribution < 1.29 is 80.2 Å². The lowest BCUT2D eigenvalue weighted by molar-refractivity contribution is -0.161. The van der Waals surface area contributed by atoms with E-state index >= 15 is 0 Å². The average molecular weight is 1440 g/mol. The van der Waals surface area contributed by atoms with Gasteiger partial charge in [0.15, 0.2) is 12.2 Å². The summed E-state index contributed by atoms with van der Waals surface area (Å²) < 4.78 is 68.6. The first-order valence-corrected chi connectivity index (χ1v) is 44.0. The fraction of sp³-hybridized carbons (Fsp3) is 0.949. The summed E-state index contributed by atoms with van der Waals surface area (Å²) in [5, 5.41) is 10.6.